The molecule has 1 heterocycles. The van der Waals surface area contributed by atoms with Crippen molar-refractivity contribution in [3.05, 3.63) is 59.9 Å². The van der Waals surface area contributed by atoms with Gasteiger partial charge in [-0.15, -0.1) is 0 Å². The summed E-state index contributed by atoms with van der Waals surface area (Å²) in [5.41, 5.74) is 4.79. The zero-order valence-electron chi connectivity index (χ0n) is 12.3. The van der Waals surface area contributed by atoms with E-state index in [9.17, 15) is 0 Å². The van der Waals surface area contributed by atoms with E-state index in [0.29, 0.717) is 18.3 Å². The fourth-order valence-electron chi connectivity index (χ4n) is 1.71. The van der Waals surface area contributed by atoms with E-state index >= 15 is 0 Å². The molecule has 2 rings (SSSR count). The zero-order valence-corrected chi connectivity index (χ0v) is 13.1. The first-order chi connectivity index (χ1) is 10.8. The minimum Gasteiger partial charge on any atom is -0.494 e. The molecule has 2 N–H and O–H groups in total. The van der Waals surface area contributed by atoms with Crippen LogP contribution >= 0.6 is 12.2 Å². The van der Waals surface area contributed by atoms with Crippen molar-refractivity contribution in [1.82, 2.24) is 15.7 Å². The Morgan fingerprint density at radius 2 is 2.14 bits per heavy atom. The normalized spacial score (nSPS) is 10.4. The van der Waals surface area contributed by atoms with Gasteiger partial charge in [0.25, 0.3) is 0 Å². The second-order valence-electron chi connectivity index (χ2n) is 4.42. The molecule has 1 aromatic carbocycles. The van der Waals surface area contributed by atoms with Crippen molar-refractivity contribution in [2.75, 3.05) is 6.61 Å². The summed E-state index contributed by atoms with van der Waals surface area (Å²) < 4.78 is 5.40. The molecule has 0 saturated heterocycles. The van der Waals surface area contributed by atoms with Gasteiger partial charge >= 0.3 is 0 Å². The molecule has 5 nitrogen and oxygen atoms in total. The lowest BCUT2D eigenvalue weighted by Crippen LogP contribution is -2.31. The molecule has 0 amide bonds. The van der Waals surface area contributed by atoms with Crippen molar-refractivity contribution in [1.29, 1.82) is 0 Å². The lowest BCUT2D eigenvalue weighted by Gasteiger charge is -2.08. The summed E-state index contributed by atoms with van der Waals surface area (Å²) >= 11 is 5.16. The summed E-state index contributed by atoms with van der Waals surface area (Å²) in [6.45, 7) is 3.26. The average molecular weight is 314 g/mol. The molecule has 1 aromatic heterocycles. The van der Waals surface area contributed by atoms with Gasteiger partial charge in [-0.25, -0.2) is 0 Å². The first kappa shape index (κ1) is 15.9. The molecular weight excluding hydrogens is 296 g/mol. The molecule has 2 aromatic rings. The van der Waals surface area contributed by atoms with Crippen LogP contribution in [-0.4, -0.2) is 22.9 Å². The molecule has 22 heavy (non-hydrogen) atoms. The summed E-state index contributed by atoms with van der Waals surface area (Å²) in [5, 5.41) is 7.61. The summed E-state index contributed by atoms with van der Waals surface area (Å²) in [5.74, 6) is 0.869. The zero-order chi connectivity index (χ0) is 15.6. The number of thiocarbonyl (C=S) groups is 1. The molecule has 0 aliphatic carbocycles. The van der Waals surface area contributed by atoms with Crippen molar-refractivity contribution in [3.8, 4) is 5.75 Å². The fraction of sp³-hybridized carbons (Fsp3) is 0.188. The Balaban J connectivity index is 1.74. The van der Waals surface area contributed by atoms with Crippen molar-refractivity contribution >= 4 is 23.5 Å². The number of hydrogen-bond acceptors (Lipinski definition) is 4. The highest BCUT2D eigenvalue weighted by atomic mass is 32.1. The topological polar surface area (TPSA) is 58.5 Å². The second kappa shape index (κ2) is 8.74. The number of rotatable bonds is 6. The van der Waals surface area contributed by atoms with Crippen molar-refractivity contribution in [2.45, 2.75) is 13.5 Å². The van der Waals surface area contributed by atoms with Gasteiger partial charge in [0.2, 0.25) is 0 Å². The Hall–Kier alpha value is -2.47. The maximum atomic E-state index is 5.40. The predicted octanol–water partition coefficient (Wildman–Crippen LogP) is 2.48. The van der Waals surface area contributed by atoms with Gasteiger partial charge in [0.05, 0.1) is 12.8 Å². The van der Waals surface area contributed by atoms with Gasteiger partial charge in [0.15, 0.2) is 5.11 Å². The Morgan fingerprint density at radius 1 is 1.32 bits per heavy atom. The minimum atomic E-state index is 0.467. The van der Waals surface area contributed by atoms with Crippen molar-refractivity contribution in [2.24, 2.45) is 5.10 Å². The smallest absolute Gasteiger partial charge is 0.187 e. The van der Waals surface area contributed by atoms with Crippen LogP contribution in [0.1, 0.15) is 18.1 Å². The molecule has 0 unspecified atom stereocenters. The number of ether oxygens (including phenoxy) is 1. The lowest BCUT2D eigenvalue weighted by molar-refractivity contribution is 0.340. The number of pyridine rings is 1. The Labute approximate surface area is 135 Å². The van der Waals surface area contributed by atoms with Gasteiger partial charge in [-0.2, -0.15) is 5.10 Å². The summed E-state index contributed by atoms with van der Waals surface area (Å²) in [6, 6.07) is 11.6. The molecule has 0 spiro atoms. The van der Waals surface area contributed by atoms with Gasteiger partial charge in [0, 0.05) is 24.5 Å². The molecule has 0 aliphatic rings. The van der Waals surface area contributed by atoms with Gasteiger partial charge < -0.3 is 10.1 Å². The molecule has 0 atom stereocenters. The standard InChI is InChI=1S/C16H18N4OS/c1-2-21-15-7-5-13(6-8-15)11-18-16(22)20-19-12-14-4-3-9-17-10-14/h3-10,12H,2,11H2,1H3,(H2,18,20,22)/b19-12-. The molecule has 114 valence electrons. The highest BCUT2D eigenvalue weighted by Crippen LogP contribution is 2.11. The van der Waals surface area contributed by atoms with Crippen LogP contribution in [0.3, 0.4) is 0 Å². The van der Waals surface area contributed by atoms with Crippen LogP contribution in [0.15, 0.2) is 53.9 Å². The van der Waals surface area contributed by atoms with Crippen molar-refractivity contribution < 1.29 is 4.74 Å². The van der Waals surface area contributed by atoms with Gasteiger partial charge in [-0.3, -0.25) is 10.4 Å². The number of nitrogens with zero attached hydrogens (tertiary/aromatic N) is 2. The van der Waals surface area contributed by atoms with Crippen molar-refractivity contribution in [3.63, 3.8) is 0 Å². The maximum Gasteiger partial charge on any atom is 0.187 e. The van der Waals surface area contributed by atoms with E-state index in [1.807, 2.05) is 43.3 Å². The second-order valence-corrected chi connectivity index (χ2v) is 4.82. The van der Waals surface area contributed by atoms with E-state index in [1.54, 1.807) is 18.6 Å². The summed E-state index contributed by atoms with van der Waals surface area (Å²) in [7, 11) is 0. The van der Waals surface area contributed by atoms with E-state index in [2.05, 4.69) is 20.8 Å². The maximum absolute atomic E-state index is 5.40. The largest absolute Gasteiger partial charge is 0.494 e. The monoisotopic (exact) mass is 314 g/mol. The van der Waals surface area contributed by atoms with Crippen LogP contribution in [-0.2, 0) is 6.54 Å². The van der Waals surface area contributed by atoms with E-state index < -0.39 is 0 Å². The lowest BCUT2D eigenvalue weighted by atomic mass is 10.2. The molecule has 0 radical (unpaired) electrons. The molecular formula is C16H18N4OS. The number of hydrogen-bond donors (Lipinski definition) is 2. The number of nitrogens with one attached hydrogen (secondary N) is 2. The van der Waals surface area contributed by atoms with Crippen LogP contribution in [0.4, 0.5) is 0 Å². The molecule has 0 saturated carbocycles. The van der Waals surface area contributed by atoms with Crippen LogP contribution in [0.25, 0.3) is 0 Å². The van der Waals surface area contributed by atoms with E-state index in [1.165, 1.54) is 0 Å². The average Bonchev–Trinajstić information content (AvgIpc) is 2.55. The Morgan fingerprint density at radius 3 is 2.82 bits per heavy atom. The highest BCUT2D eigenvalue weighted by Gasteiger charge is 1.97. The molecule has 6 heteroatoms. The predicted molar refractivity (Wildman–Crippen MR) is 92.0 cm³/mol. The van der Waals surface area contributed by atoms with Gasteiger partial charge in [-0.1, -0.05) is 18.2 Å². The van der Waals surface area contributed by atoms with Crippen LogP contribution in [0.2, 0.25) is 0 Å². The SMILES string of the molecule is CCOc1ccc(CNC(=S)N/N=C\c2cccnc2)cc1. The van der Waals surface area contributed by atoms with Crippen LogP contribution in [0, 0.1) is 0 Å². The van der Waals surface area contributed by atoms with E-state index in [-0.39, 0.29) is 0 Å². The van der Waals surface area contributed by atoms with Gasteiger partial charge in [0.1, 0.15) is 5.75 Å². The molecule has 0 bridgehead atoms. The summed E-state index contributed by atoms with van der Waals surface area (Å²) in [4.78, 5) is 4.00. The molecule has 0 fully saturated rings. The third-order valence-corrected chi connectivity index (χ3v) is 2.99. The number of hydrazone groups is 1. The number of aromatic nitrogens is 1. The number of benzene rings is 1. The van der Waals surface area contributed by atoms with Crippen LogP contribution in [0.5, 0.6) is 5.75 Å². The molecule has 0 aliphatic heterocycles. The van der Waals surface area contributed by atoms with E-state index in [0.717, 1.165) is 16.9 Å². The third-order valence-electron chi connectivity index (χ3n) is 2.75. The fourth-order valence-corrected chi connectivity index (χ4v) is 1.83. The Kier molecular flexibility index (Phi) is 6.32. The Bertz CT molecular complexity index is 614. The van der Waals surface area contributed by atoms with Crippen LogP contribution < -0.4 is 15.5 Å². The van der Waals surface area contributed by atoms with Gasteiger partial charge in [-0.05, 0) is 42.9 Å². The third kappa shape index (κ3) is 5.49. The quantitative estimate of drug-likeness (QED) is 0.487. The first-order valence-corrected chi connectivity index (χ1v) is 7.37. The van der Waals surface area contributed by atoms with E-state index in [4.69, 9.17) is 17.0 Å². The minimum absolute atomic E-state index is 0.467. The highest BCUT2D eigenvalue weighted by molar-refractivity contribution is 7.80. The first-order valence-electron chi connectivity index (χ1n) is 6.96. The summed E-state index contributed by atoms with van der Waals surface area (Å²) in [6.07, 6.45) is 5.10.